The van der Waals surface area contributed by atoms with Crippen molar-refractivity contribution in [1.29, 1.82) is 0 Å². The summed E-state index contributed by atoms with van der Waals surface area (Å²) in [5.41, 5.74) is 22.9. The maximum atomic E-state index is 2.44. The third-order valence-electron chi connectivity index (χ3n) is 15.2. The van der Waals surface area contributed by atoms with E-state index >= 15 is 0 Å². The van der Waals surface area contributed by atoms with Gasteiger partial charge in [0.15, 0.2) is 0 Å². The van der Waals surface area contributed by atoms with Crippen molar-refractivity contribution in [2.24, 2.45) is 0 Å². The SMILES string of the molecule is Cc1ccc(-c2c3ccccc3c(-c3ccc(-c4ccc5c(c4)C(C)(C)c4cc(-c6ccc(-c7c8ccccc8c(-c8ccc(C)cc8)c8ccccc78)cc6)ccc4-5)cc3)c3ccccc23)cc1. The summed E-state index contributed by atoms with van der Waals surface area (Å²) >= 11 is 0. The van der Waals surface area contributed by atoms with Crippen LogP contribution in [0.1, 0.15) is 36.1 Å². The van der Waals surface area contributed by atoms with Crippen LogP contribution in [0.25, 0.3) is 121 Å². The highest BCUT2D eigenvalue weighted by atomic mass is 14.4. The number of hydrogen-bond donors (Lipinski definition) is 0. The van der Waals surface area contributed by atoms with Crippen LogP contribution < -0.4 is 0 Å². The first-order chi connectivity index (χ1) is 33.8. The van der Waals surface area contributed by atoms with Gasteiger partial charge in [0.05, 0.1) is 0 Å². The van der Waals surface area contributed by atoms with Gasteiger partial charge in [-0.05, 0) is 158 Å². The van der Waals surface area contributed by atoms with Crippen molar-refractivity contribution in [1.82, 2.24) is 0 Å². The highest BCUT2D eigenvalue weighted by Crippen LogP contribution is 2.52. The molecule has 0 saturated carbocycles. The second-order valence-corrected chi connectivity index (χ2v) is 19.7. The predicted molar refractivity (Wildman–Crippen MR) is 296 cm³/mol. The summed E-state index contributed by atoms with van der Waals surface area (Å²) in [5.74, 6) is 0. The zero-order chi connectivity index (χ0) is 46.4. The summed E-state index contributed by atoms with van der Waals surface area (Å²) in [6.45, 7) is 9.09. The van der Waals surface area contributed by atoms with E-state index in [1.807, 2.05) is 0 Å². The molecule has 12 aromatic carbocycles. The number of rotatable bonds is 6. The van der Waals surface area contributed by atoms with Crippen LogP contribution in [0.15, 0.2) is 231 Å². The highest BCUT2D eigenvalue weighted by molar-refractivity contribution is 6.22. The Kier molecular flexibility index (Phi) is 9.43. The van der Waals surface area contributed by atoms with Gasteiger partial charge in [-0.1, -0.05) is 243 Å². The van der Waals surface area contributed by atoms with Crippen molar-refractivity contribution < 1.29 is 0 Å². The molecule has 326 valence electrons. The first-order valence-electron chi connectivity index (χ1n) is 24.3. The second-order valence-electron chi connectivity index (χ2n) is 19.7. The quantitative estimate of drug-likeness (QED) is 0.146. The Labute approximate surface area is 404 Å². The maximum absolute atomic E-state index is 2.44. The molecule has 0 saturated heterocycles. The molecule has 0 heteroatoms. The second kappa shape index (κ2) is 15.9. The molecule has 0 fully saturated rings. The van der Waals surface area contributed by atoms with Crippen molar-refractivity contribution in [3.05, 3.63) is 253 Å². The molecule has 1 aliphatic carbocycles. The minimum absolute atomic E-state index is 0.162. The van der Waals surface area contributed by atoms with Crippen LogP contribution >= 0.6 is 0 Å². The summed E-state index contributed by atoms with van der Waals surface area (Å²) in [5, 5.41) is 10.2. The summed E-state index contributed by atoms with van der Waals surface area (Å²) in [6.07, 6.45) is 0. The number of benzene rings is 12. The number of fused-ring (bicyclic) bond motifs is 7. The van der Waals surface area contributed by atoms with Crippen LogP contribution in [0, 0.1) is 13.8 Å². The molecule has 69 heavy (non-hydrogen) atoms. The standard InChI is InChI=1S/C69H50/c1-43-21-25-47(26-22-43)65-55-13-5-9-17-59(55)67(60-18-10-6-14-56(60)65)49-33-29-45(30-34-49)51-37-39-53-54-40-38-52(42-64(54)69(3,4)63(53)41-51)46-31-35-50(36-32-46)68-61-19-11-7-15-57(61)66(48-27-23-44(2)24-28-48)58-16-8-12-20-62(58)68/h5-42H,1-4H3. The lowest BCUT2D eigenvalue weighted by Gasteiger charge is -2.23. The third-order valence-corrected chi connectivity index (χ3v) is 15.2. The average Bonchev–Trinajstić information content (AvgIpc) is 3.62. The van der Waals surface area contributed by atoms with Gasteiger partial charge >= 0.3 is 0 Å². The normalized spacial score (nSPS) is 12.8. The molecule has 13 rings (SSSR count). The molecule has 0 spiro atoms. The van der Waals surface area contributed by atoms with E-state index in [-0.39, 0.29) is 5.41 Å². The third kappa shape index (κ3) is 6.58. The summed E-state index contributed by atoms with van der Waals surface area (Å²) in [4.78, 5) is 0. The summed E-state index contributed by atoms with van der Waals surface area (Å²) < 4.78 is 0. The lowest BCUT2D eigenvalue weighted by Crippen LogP contribution is -2.15. The lowest BCUT2D eigenvalue weighted by molar-refractivity contribution is 0.661. The molecule has 0 unspecified atom stereocenters. The molecule has 0 amide bonds. The molecule has 0 atom stereocenters. The van der Waals surface area contributed by atoms with Crippen molar-refractivity contribution in [2.45, 2.75) is 33.1 Å². The van der Waals surface area contributed by atoms with Gasteiger partial charge in [0.25, 0.3) is 0 Å². The highest BCUT2D eigenvalue weighted by Gasteiger charge is 2.36. The van der Waals surface area contributed by atoms with Crippen molar-refractivity contribution in [3.8, 4) is 77.9 Å². The van der Waals surface area contributed by atoms with Gasteiger partial charge < -0.3 is 0 Å². The van der Waals surface area contributed by atoms with E-state index in [2.05, 4.69) is 258 Å². The van der Waals surface area contributed by atoms with Gasteiger partial charge in [0, 0.05) is 5.41 Å². The van der Waals surface area contributed by atoms with Gasteiger partial charge in [-0.3, -0.25) is 0 Å². The predicted octanol–water partition coefficient (Wildman–Crippen LogP) is 19.2. The van der Waals surface area contributed by atoms with Crippen LogP contribution in [-0.2, 0) is 5.41 Å². The minimum Gasteiger partial charge on any atom is -0.0616 e. The molecule has 1 aliphatic rings. The Hall–Kier alpha value is -8.32. The van der Waals surface area contributed by atoms with Crippen LogP contribution in [-0.4, -0.2) is 0 Å². The fourth-order valence-electron chi connectivity index (χ4n) is 11.7. The molecule has 0 N–H and O–H groups in total. The maximum Gasteiger partial charge on any atom is 0.0159 e. The van der Waals surface area contributed by atoms with Crippen LogP contribution in [0.2, 0.25) is 0 Å². The largest absolute Gasteiger partial charge is 0.0616 e. The molecule has 0 nitrogen and oxygen atoms in total. The van der Waals surface area contributed by atoms with E-state index in [4.69, 9.17) is 0 Å². The van der Waals surface area contributed by atoms with E-state index < -0.39 is 0 Å². The number of aryl methyl sites for hydroxylation is 2. The van der Waals surface area contributed by atoms with Gasteiger partial charge in [0.2, 0.25) is 0 Å². The molecule has 0 aromatic heterocycles. The molecular weight excluding hydrogens is 829 g/mol. The van der Waals surface area contributed by atoms with Crippen molar-refractivity contribution >= 4 is 43.1 Å². The first kappa shape index (κ1) is 40.9. The van der Waals surface area contributed by atoms with Crippen LogP contribution in [0.4, 0.5) is 0 Å². The Morgan fingerprint density at radius 3 is 0.710 bits per heavy atom. The van der Waals surface area contributed by atoms with E-state index in [1.54, 1.807) is 0 Å². The van der Waals surface area contributed by atoms with Crippen LogP contribution in [0.5, 0.6) is 0 Å². The fraction of sp³-hybridized carbons (Fsp3) is 0.0725. The first-order valence-corrected chi connectivity index (χ1v) is 24.3. The fourth-order valence-corrected chi connectivity index (χ4v) is 11.7. The molecule has 0 heterocycles. The number of hydrogen-bond acceptors (Lipinski definition) is 0. The van der Waals surface area contributed by atoms with E-state index in [1.165, 1.54) is 143 Å². The Balaban J connectivity index is 0.828. The summed E-state index contributed by atoms with van der Waals surface area (Å²) in [6, 6.07) is 86.4. The van der Waals surface area contributed by atoms with Crippen LogP contribution in [0.3, 0.4) is 0 Å². The summed E-state index contributed by atoms with van der Waals surface area (Å²) in [7, 11) is 0. The Morgan fingerprint density at radius 2 is 0.449 bits per heavy atom. The van der Waals surface area contributed by atoms with E-state index in [0.29, 0.717) is 0 Å². The monoisotopic (exact) mass is 878 g/mol. The smallest absolute Gasteiger partial charge is 0.0159 e. The average molecular weight is 879 g/mol. The lowest BCUT2D eigenvalue weighted by atomic mass is 9.80. The molecule has 0 bridgehead atoms. The van der Waals surface area contributed by atoms with E-state index in [0.717, 1.165) is 0 Å². The zero-order valence-corrected chi connectivity index (χ0v) is 39.4. The molecule has 0 aliphatic heterocycles. The van der Waals surface area contributed by atoms with Gasteiger partial charge in [-0.15, -0.1) is 0 Å². The van der Waals surface area contributed by atoms with Gasteiger partial charge in [0.1, 0.15) is 0 Å². The molecule has 12 aromatic rings. The topological polar surface area (TPSA) is 0 Å². The van der Waals surface area contributed by atoms with Crippen molar-refractivity contribution in [3.63, 3.8) is 0 Å². The Morgan fingerprint density at radius 1 is 0.232 bits per heavy atom. The van der Waals surface area contributed by atoms with Gasteiger partial charge in [-0.25, -0.2) is 0 Å². The van der Waals surface area contributed by atoms with Gasteiger partial charge in [-0.2, -0.15) is 0 Å². The molecule has 0 radical (unpaired) electrons. The minimum atomic E-state index is -0.162. The Bertz CT molecular complexity index is 3620. The van der Waals surface area contributed by atoms with E-state index in [9.17, 15) is 0 Å². The van der Waals surface area contributed by atoms with Crippen molar-refractivity contribution in [2.75, 3.05) is 0 Å². The molecular formula is C69H50. The zero-order valence-electron chi connectivity index (χ0n) is 39.4.